The summed E-state index contributed by atoms with van der Waals surface area (Å²) in [6, 6.07) is 9.13. The number of nitrogens with zero attached hydrogens (tertiary/aromatic N) is 4. The number of phenols is 1. The van der Waals surface area contributed by atoms with Gasteiger partial charge in [-0.3, -0.25) is 0 Å². The van der Waals surface area contributed by atoms with Crippen LogP contribution < -0.4 is 8.61 Å². The Hall–Kier alpha value is -2.93. The van der Waals surface area contributed by atoms with Crippen molar-refractivity contribution in [2.45, 2.75) is 12.3 Å². The van der Waals surface area contributed by atoms with Crippen LogP contribution in [0.15, 0.2) is 30.3 Å². The number of pyridine rings is 1. The molecule has 10 heteroatoms. The van der Waals surface area contributed by atoms with Gasteiger partial charge in [0.05, 0.1) is 23.0 Å². The Morgan fingerprint density at radius 2 is 2.07 bits per heavy atom. The molecule has 7 nitrogen and oxygen atoms in total. The fraction of sp³-hybridized carbons (Fsp3) is 0.294. The zero-order valence-electron chi connectivity index (χ0n) is 14.1. The molecule has 1 atom stereocenters. The summed E-state index contributed by atoms with van der Waals surface area (Å²) < 4.78 is 53.7. The summed E-state index contributed by atoms with van der Waals surface area (Å²) in [7, 11) is -2.70. The predicted molar refractivity (Wildman–Crippen MR) is 93.8 cm³/mol. The minimum atomic E-state index is -4.00. The number of aromatic hydroxyl groups is 1. The van der Waals surface area contributed by atoms with Crippen LogP contribution in [0.25, 0.3) is 11.3 Å². The van der Waals surface area contributed by atoms with Crippen molar-refractivity contribution in [1.82, 2.24) is 4.98 Å². The third-order valence-corrected chi connectivity index (χ3v) is 6.56. The van der Waals surface area contributed by atoms with E-state index < -0.39 is 22.0 Å². The maximum atomic E-state index is 13.3. The van der Waals surface area contributed by atoms with Crippen molar-refractivity contribution in [1.29, 1.82) is 5.26 Å². The molecule has 1 aromatic heterocycles. The van der Waals surface area contributed by atoms with E-state index in [2.05, 4.69) is 4.98 Å². The Morgan fingerprint density at radius 1 is 1.37 bits per heavy atom. The van der Waals surface area contributed by atoms with Crippen molar-refractivity contribution in [2.24, 2.45) is 5.92 Å². The second-order valence-corrected chi connectivity index (χ2v) is 8.43. The fourth-order valence-electron chi connectivity index (χ4n) is 3.10. The summed E-state index contributed by atoms with van der Waals surface area (Å²) in [4.78, 5) is 4.32. The van der Waals surface area contributed by atoms with Gasteiger partial charge < -0.3 is 5.11 Å². The van der Waals surface area contributed by atoms with Gasteiger partial charge in [0.1, 0.15) is 5.75 Å². The molecule has 0 radical (unpaired) electrons. The molecule has 2 aliphatic rings. The lowest BCUT2D eigenvalue weighted by Gasteiger charge is -2.18. The molecule has 1 fully saturated rings. The standard InChI is InChI=1S/C17H14F2N4O3S/c1-22-16-15(23(27(22,25)26)9-11-7-17(11,18)19)5-4-14(21-16)13-6-12(24)3-2-10(13)8-20/h2-6,11,24H,7,9H2,1H3. The molecule has 2 heterocycles. The van der Waals surface area contributed by atoms with Crippen molar-refractivity contribution in [2.75, 3.05) is 22.2 Å². The van der Waals surface area contributed by atoms with Crippen molar-refractivity contribution < 1.29 is 22.3 Å². The number of alkyl halides is 2. The predicted octanol–water partition coefficient (Wildman–Crippen LogP) is 2.48. The molecule has 1 aliphatic heterocycles. The maximum absolute atomic E-state index is 13.3. The zero-order valence-corrected chi connectivity index (χ0v) is 14.9. The molecule has 1 N–H and O–H groups in total. The van der Waals surface area contributed by atoms with Crippen molar-refractivity contribution >= 4 is 21.7 Å². The Kier molecular flexibility index (Phi) is 3.58. The number of benzene rings is 1. The quantitative estimate of drug-likeness (QED) is 0.866. The zero-order chi connectivity index (χ0) is 19.6. The Balaban J connectivity index is 1.78. The van der Waals surface area contributed by atoms with Crippen molar-refractivity contribution in [3.8, 4) is 23.1 Å². The van der Waals surface area contributed by atoms with E-state index in [4.69, 9.17) is 0 Å². The molecule has 2 aromatic rings. The fourth-order valence-corrected chi connectivity index (χ4v) is 4.51. The Bertz CT molecular complexity index is 1100. The molecular formula is C17H14F2N4O3S. The number of hydrogen-bond acceptors (Lipinski definition) is 5. The molecule has 4 rings (SSSR count). The van der Waals surface area contributed by atoms with E-state index in [1.807, 2.05) is 6.07 Å². The minimum Gasteiger partial charge on any atom is -0.508 e. The van der Waals surface area contributed by atoms with E-state index >= 15 is 0 Å². The van der Waals surface area contributed by atoms with E-state index in [0.717, 1.165) is 8.61 Å². The highest BCUT2D eigenvalue weighted by molar-refractivity contribution is 7.94. The second kappa shape index (κ2) is 5.53. The first-order valence-electron chi connectivity index (χ1n) is 8.04. The Labute approximate surface area is 154 Å². The Morgan fingerprint density at radius 3 is 2.70 bits per heavy atom. The monoisotopic (exact) mass is 392 g/mol. The molecule has 0 saturated heterocycles. The molecule has 0 spiro atoms. The van der Waals surface area contributed by atoms with E-state index in [1.54, 1.807) is 0 Å². The number of rotatable bonds is 3. The van der Waals surface area contributed by atoms with Crippen LogP contribution in [0.2, 0.25) is 0 Å². The largest absolute Gasteiger partial charge is 0.508 e. The van der Waals surface area contributed by atoms with Gasteiger partial charge in [0.15, 0.2) is 5.82 Å². The van der Waals surface area contributed by atoms with Crippen LogP contribution in [0.5, 0.6) is 5.75 Å². The number of nitriles is 1. The number of hydrogen-bond donors (Lipinski definition) is 1. The van der Waals surface area contributed by atoms with Crippen LogP contribution in [-0.4, -0.2) is 38.0 Å². The topological polar surface area (TPSA) is 97.5 Å². The van der Waals surface area contributed by atoms with Gasteiger partial charge in [0.25, 0.3) is 5.92 Å². The van der Waals surface area contributed by atoms with E-state index in [9.17, 15) is 27.6 Å². The van der Waals surface area contributed by atoms with Gasteiger partial charge >= 0.3 is 10.2 Å². The average Bonchev–Trinajstić information content (AvgIpc) is 3.19. The molecule has 1 aliphatic carbocycles. The van der Waals surface area contributed by atoms with Crippen LogP contribution in [-0.2, 0) is 10.2 Å². The van der Waals surface area contributed by atoms with Gasteiger partial charge in [-0.1, -0.05) is 0 Å². The summed E-state index contributed by atoms with van der Waals surface area (Å²) in [6.45, 7) is -0.316. The first-order valence-corrected chi connectivity index (χ1v) is 9.44. The number of fused-ring (bicyclic) bond motifs is 1. The lowest BCUT2D eigenvalue weighted by Crippen LogP contribution is -2.37. The molecular weight excluding hydrogens is 378 g/mol. The summed E-state index contributed by atoms with van der Waals surface area (Å²) in [5.41, 5.74) is 1.11. The SMILES string of the molecule is CN1c2nc(-c3cc(O)ccc3C#N)ccc2N(CC2CC2(F)F)S1(=O)=O. The second-order valence-electron chi connectivity index (χ2n) is 6.55. The third kappa shape index (κ3) is 2.66. The number of phenolic OH excluding ortho intramolecular Hbond substituents is 1. The first kappa shape index (κ1) is 17.5. The van der Waals surface area contributed by atoms with Crippen molar-refractivity contribution in [3.63, 3.8) is 0 Å². The smallest absolute Gasteiger partial charge is 0.327 e. The van der Waals surface area contributed by atoms with E-state index in [0.29, 0.717) is 11.3 Å². The number of halogens is 2. The molecule has 1 aromatic carbocycles. The van der Waals surface area contributed by atoms with Crippen LogP contribution in [0.4, 0.5) is 20.3 Å². The number of anilines is 2. The van der Waals surface area contributed by atoms with Crippen LogP contribution in [0.1, 0.15) is 12.0 Å². The average molecular weight is 392 g/mol. The van der Waals surface area contributed by atoms with Crippen LogP contribution >= 0.6 is 0 Å². The highest BCUT2D eigenvalue weighted by Crippen LogP contribution is 2.51. The molecule has 1 saturated carbocycles. The lowest BCUT2D eigenvalue weighted by atomic mass is 10.0. The maximum Gasteiger partial charge on any atom is 0.327 e. The minimum absolute atomic E-state index is 0.0649. The van der Waals surface area contributed by atoms with E-state index in [-0.39, 0.29) is 35.8 Å². The molecule has 27 heavy (non-hydrogen) atoms. The van der Waals surface area contributed by atoms with Crippen LogP contribution in [0, 0.1) is 17.2 Å². The third-order valence-electron chi connectivity index (χ3n) is 4.79. The van der Waals surface area contributed by atoms with E-state index in [1.165, 1.54) is 37.4 Å². The molecule has 1 unspecified atom stereocenters. The summed E-state index contributed by atoms with van der Waals surface area (Å²) >= 11 is 0. The highest BCUT2D eigenvalue weighted by atomic mass is 32.2. The highest BCUT2D eigenvalue weighted by Gasteiger charge is 2.59. The van der Waals surface area contributed by atoms with Crippen molar-refractivity contribution in [3.05, 3.63) is 35.9 Å². The van der Waals surface area contributed by atoms with Crippen LogP contribution in [0.3, 0.4) is 0 Å². The van der Waals surface area contributed by atoms with Gasteiger partial charge in [-0.2, -0.15) is 13.7 Å². The van der Waals surface area contributed by atoms with Gasteiger partial charge in [-0.05, 0) is 30.3 Å². The molecule has 140 valence electrons. The normalized spacial score (nSPS) is 21.6. The lowest BCUT2D eigenvalue weighted by molar-refractivity contribution is 0.101. The summed E-state index contributed by atoms with van der Waals surface area (Å²) in [5, 5.41) is 18.9. The molecule has 0 amide bonds. The summed E-state index contributed by atoms with van der Waals surface area (Å²) in [5.74, 6) is -3.83. The van der Waals surface area contributed by atoms with Gasteiger partial charge in [-0.25, -0.2) is 22.4 Å². The number of aromatic nitrogens is 1. The first-order chi connectivity index (χ1) is 12.6. The van der Waals surface area contributed by atoms with Gasteiger partial charge in [-0.15, -0.1) is 0 Å². The molecule has 0 bridgehead atoms. The van der Waals surface area contributed by atoms with Gasteiger partial charge in [0, 0.05) is 31.5 Å². The summed E-state index contributed by atoms with van der Waals surface area (Å²) in [6.07, 6.45) is -0.335. The van der Waals surface area contributed by atoms with Gasteiger partial charge in [0.2, 0.25) is 0 Å².